The van der Waals surface area contributed by atoms with Crippen molar-refractivity contribution in [1.29, 1.82) is 0 Å². The zero-order chi connectivity index (χ0) is 21.4. The molecule has 1 saturated heterocycles. The number of ether oxygens (including phenoxy) is 2. The van der Waals surface area contributed by atoms with Crippen LogP contribution in [0.3, 0.4) is 0 Å². The first kappa shape index (κ1) is 20.1. The maximum atomic E-state index is 12.8. The van der Waals surface area contributed by atoms with Crippen LogP contribution in [0.25, 0.3) is 0 Å². The van der Waals surface area contributed by atoms with Gasteiger partial charge in [-0.2, -0.15) is 0 Å². The molecule has 0 spiro atoms. The molecule has 1 heterocycles. The second kappa shape index (κ2) is 7.93. The summed E-state index contributed by atoms with van der Waals surface area (Å²) in [7, 11) is 0. The summed E-state index contributed by atoms with van der Waals surface area (Å²) in [5, 5.41) is 2.63. The van der Waals surface area contributed by atoms with Gasteiger partial charge in [0.2, 0.25) is 11.8 Å². The normalized spacial score (nSPS) is 27.2. The molecule has 158 valence electrons. The van der Waals surface area contributed by atoms with Crippen molar-refractivity contribution in [3.05, 3.63) is 36.4 Å². The Morgan fingerprint density at radius 1 is 1.13 bits per heavy atom. The molecule has 30 heavy (non-hydrogen) atoms. The number of benzene rings is 1. The molecule has 1 N–H and O–H groups in total. The van der Waals surface area contributed by atoms with E-state index in [2.05, 4.69) is 5.32 Å². The largest absolute Gasteiger partial charge is 0.492 e. The van der Waals surface area contributed by atoms with Gasteiger partial charge >= 0.3 is 5.97 Å². The van der Waals surface area contributed by atoms with Crippen LogP contribution in [0.4, 0.5) is 5.69 Å². The van der Waals surface area contributed by atoms with Gasteiger partial charge in [-0.15, -0.1) is 0 Å². The first-order valence-electron chi connectivity index (χ1n) is 10.2. The number of nitrogens with zero attached hydrogens (tertiary/aromatic N) is 1. The summed E-state index contributed by atoms with van der Waals surface area (Å²) in [4.78, 5) is 51.2. The van der Waals surface area contributed by atoms with Gasteiger partial charge in [0, 0.05) is 0 Å². The van der Waals surface area contributed by atoms with Crippen molar-refractivity contribution in [2.75, 3.05) is 18.5 Å². The molecule has 2 aliphatic carbocycles. The lowest BCUT2D eigenvalue weighted by atomic mass is 9.85. The molecule has 4 rings (SSSR count). The number of fused-ring (bicyclic) bond motifs is 5. The van der Waals surface area contributed by atoms with Crippen molar-refractivity contribution in [2.24, 2.45) is 23.7 Å². The third-order valence-corrected chi connectivity index (χ3v) is 6.04. The molecule has 1 saturated carbocycles. The number of esters is 1. The van der Waals surface area contributed by atoms with E-state index in [9.17, 15) is 19.2 Å². The van der Waals surface area contributed by atoms with E-state index < -0.39 is 24.5 Å². The minimum atomic E-state index is -1.07. The molecule has 0 aromatic heterocycles. The van der Waals surface area contributed by atoms with Crippen LogP contribution in [0.5, 0.6) is 5.75 Å². The molecule has 2 bridgehead atoms. The Morgan fingerprint density at radius 2 is 1.77 bits per heavy atom. The van der Waals surface area contributed by atoms with Crippen LogP contribution in [0, 0.1) is 23.7 Å². The number of imide groups is 1. The van der Waals surface area contributed by atoms with E-state index in [4.69, 9.17) is 9.47 Å². The molecule has 1 aromatic rings. The Bertz CT molecular complexity index is 896. The zero-order valence-electron chi connectivity index (χ0n) is 16.9. The van der Waals surface area contributed by atoms with E-state index >= 15 is 0 Å². The number of amides is 3. The summed E-state index contributed by atoms with van der Waals surface area (Å²) < 4.78 is 10.5. The molecular formula is C22H24N2O6. The number of hydrogen-bond donors (Lipinski definition) is 1. The molecule has 1 aliphatic heterocycles. The van der Waals surface area contributed by atoms with Crippen molar-refractivity contribution < 1.29 is 28.7 Å². The fourth-order valence-corrected chi connectivity index (χ4v) is 4.71. The third kappa shape index (κ3) is 3.36. The summed E-state index contributed by atoms with van der Waals surface area (Å²) in [6, 6.07) is 5.85. The Balaban J connectivity index is 1.34. The fourth-order valence-electron chi connectivity index (χ4n) is 4.71. The minimum Gasteiger partial charge on any atom is -0.492 e. The van der Waals surface area contributed by atoms with Crippen molar-refractivity contribution in [3.8, 4) is 5.75 Å². The highest BCUT2D eigenvalue weighted by Gasteiger charge is 2.60. The van der Waals surface area contributed by atoms with E-state index in [-0.39, 0.29) is 35.5 Å². The molecule has 2 fully saturated rings. The molecule has 8 nitrogen and oxygen atoms in total. The van der Waals surface area contributed by atoms with Crippen LogP contribution in [0.2, 0.25) is 0 Å². The van der Waals surface area contributed by atoms with Gasteiger partial charge in [0.15, 0.2) is 6.61 Å². The Morgan fingerprint density at radius 3 is 2.40 bits per heavy atom. The average Bonchev–Trinajstić information content (AvgIpc) is 3.41. The van der Waals surface area contributed by atoms with Crippen LogP contribution in [0.15, 0.2) is 36.4 Å². The Hall–Kier alpha value is -3.16. The van der Waals surface area contributed by atoms with Crippen LogP contribution >= 0.6 is 0 Å². The van der Waals surface area contributed by atoms with E-state index in [1.54, 1.807) is 24.3 Å². The van der Waals surface area contributed by atoms with Gasteiger partial charge in [0.05, 0.1) is 24.1 Å². The number of likely N-dealkylation sites (tertiary alicyclic amines) is 1. The van der Waals surface area contributed by atoms with Crippen LogP contribution in [0.1, 0.15) is 20.3 Å². The smallest absolute Gasteiger partial charge is 0.329 e. The summed E-state index contributed by atoms with van der Waals surface area (Å²) >= 11 is 0. The number of anilines is 1. The predicted molar refractivity (Wildman–Crippen MR) is 106 cm³/mol. The van der Waals surface area contributed by atoms with Crippen molar-refractivity contribution in [1.82, 2.24) is 4.90 Å². The lowest BCUT2D eigenvalue weighted by molar-refractivity contribution is -0.159. The number of carbonyl (C=O) groups excluding carboxylic acids is 4. The SMILES string of the molecule is CCOc1ccccc1NC(=O)COC(=O)[C@H](C)N1C(=O)[C@H]2[C@H](C1=O)[C@H]1C=C[C@H]2C1. The van der Waals surface area contributed by atoms with Gasteiger partial charge in [0.25, 0.3) is 5.91 Å². The monoisotopic (exact) mass is 412 g/mol. The van der Waals surface area contributed by atoms with Gasteiger partial charge in [-0.1, -0.05) is 24.3 Å². The number of hydrogen-bond acceptors (Lipinski definition) is 6. The highest BCUT2D eigenvalue weighted by molar-refractivity contribution is 6.09. The predicted octanol–water partition coefficient (Wildman–Crippen LogP) is 1.76. The standard InChI is InChI=1S/C22H24N2O6/c1-3-29-16-7-5-4-6-15(16)23-17(25)11-30-22(28)12(2)24-20(26)18-13-8-9-14(10-13)19(18)21(24)27/h4-9,12-14,18-19H,3,10-11H2,1-2H3,(H,23,25)/t12-,13-,14-,18+,19+/m0/s1. The Kier molecular flexibility index (Phi) is 5.32. The maximum absolute atomic E-state index is 12.8. The molecule has 8 heteroatoms. The fraction of sp³-hybridized carbons (Fsp3) is 0.455. The topological polar surface area (TPSA) is 102 Å². The molecule has 3 aliphatic rings. The first-order valence-corrected chi connectivity index (χ1v) is 10.2. The highest BCUT2D eigenvalue weighted by atomic mass is 16.5. The summed E-state index contributed by atoms with van der Waals surface area (Å²) in [6.45, 7) is 3.20. The van der Waals surface area contributed by atoms with Gasteiger partial charge < -0.3 is 14.8 Å². The van der Waals surface area contributed by atoms with Gasteiger partial charge in [0.1, 0.15) is 11.8 Å². The summed E-state index contributed by atoms with van der Waals surface area (Å²) in [5.41, 5.74) is 0.467. The second-order valence-electron chi connectivity index (χ2n) is 7.81. The first-order chi connectivity index (χ1) is 14.4. The number of para-hydroxylation sites is 2. The summed E-state index contributed by atoms with van der Waals surface area (Å²) in [6.07, 6.45) is 4.81. The van der Waals surface area contributed by atoms with E-state index in [1.165, 1.54) is 6.92 Å². The second-order valence-corrected chi connectivity index (χ2v) is 7.81. The molecule has 0 radical (unpaired) electrons. The quantitative estimate of drug-likeness (QED) is 0.416. The van der Waals surface area contributed by atoms with Crippen molar-refractivity contribution >= 4 is 29.4 Å². The molecule has 0 unspecified atom stereocenters. The minimum absolute atomic E-state index is 0.0702. The average molecular weight is 412 g/mol. The molecule has 5 atom stereocenters. The number of nitrogens with one attached hydrogen (secondary N) is 1. The van der Waals surface area contributed by atoms with Crippen LogP contribution < -0.4 is 10.1 Å². The van der Waals surface area contributed by atoms with Crippen LogP contribution in [-0.4, -0.2) is 47.8 Å². The molecule has 3 amide bonds. The van der Waals surface area contributed by atoms with E-state index in [1.807, 2.05) is 19.1 Å². The Labute approximate surface area is 174 Å². The van der Waals surface area contributed by atoms with Crippen LogP contribution in [-0.2, 0) is 23.9 Å². The van der Waals surface area contributed by atoms with Gasteiger partial charge in [-0.3, -0.25) is 19.3 Å². The maximum Gasteiger partial charge on any atom is 0.329 e. The zero-order valence-corrected chi connectivity index (χ0v) is 16.9. The van der Waals surface area contributed by atoms with E-state index in [0.717, 1.165) is 11.3 Å². The highest BCUT2D eigenvalue weighted by Crippen LogP contribution is 2.52. The number of allylic oxidation sites excluding steroid dienone is 2. The van der Waals surface area contributed by atoms with Gasteiger partial charge in [-0.25, -0.2) is 4.79 Å². The summed E-state index contributed by atoms with van der Waals surface area (Å²) in [5.74, 6) is -2.06. The van der Waals surface area contributed by atoms with Crippen molar-refractivity contribution in [3.63, 3.8) is 0 Å². The lowest BCUT2D eigenvalue weighted by Crippen LogP contribution is -2.45. The van der Waals surface area contributed by atoms with Crippen molar-refractivity contribution in [2.45, 2.75) is 26.3 Å². The molecular weight excluding hydrogens is 388 g/mol. The third-order valence-electron chi connectivity index (χ3n) is 6.04. The van der Waals surface area contributed by atoms with E-state index in [0.29, 0.717) is 18.0 Å². The van der Waals surface area contributed by atoms with Gasteiger partial charge in [-0.05, 0) is 44.2 Å². The lowest BCUT2D eigenvalue weighted by Gasteiger charge is -2.23. The molecule has 1 aromatic carbocycles. The number of rotatable bonds is 7. The number of carbonyl (C=O) groups is 4.